The van der Waals surface area contributed by atoms with Gasteiger partial charge in [-0.05, 0) is 43.9 Å². The van der Waals surface area contributed by atoms with E-state index in [0.29, 0.717) is 18.5 Å². The lowest BCUT2D eigenvalue weighted by Crippen LogP contribution is -2.55. The molecule has 1 saturated carbocycles. The number of rotatable bonds is 5. The molecule has 20 heavy (non-hydrogen) atoms. The summed E-state index contributed by atoms with van der Waals surface area (Å²) in [6, 6.07) is 0.481. The van der Waals surface area contributed by atoms with Gasteiger partial charge in [0.05, 0.1) is 12.1 Å². The summed E-state index contributed by atoms with van der Waals surface area (Å²) in [6.45, 7) is 4.54. The van der Waals surface area contributed by atoms with Crippen molar-refractivity contribution in [3.63, 3.8) is 0 Å². The van der Waals surface area contributed by atoms with Gasteiger partial charge in [-0.25, -0.2) is 0 Å². The summed E-state index contributed by atoms with van der Waals surface area (Å²) in [5, 5.41) is 16.2. The largest absolute Gasteiger partial charge is 0.391 e. The van der Waals surface area contributed by atoms with Crippen molar-refractivity contribution >= 4 is 5.91 Å². The lowest BCUT2D eigenvalue weighted by Gasteiger charge is -2.40. The molecule has 2 fully saturated rings. The fourth-order valence-electron chi connectivity index (χ4n) is 3.67. The van der Waals surface area contributed by atoms with Crippen LogP contribution in [0.25, 0.3) is 0 Å². The van der Waals surface area contributed by atoms with Crippen molar-refractivity contribution in [2.75, 3.05) is 6.54 Å². The Balaban J connectivity index is 1.73. The summed E-state index contributed by atoms with van der Waals surface area (Å²) in [7, 11) is 0. The molecule has 1 heterocycles. The lowest BCUT2D eigenvalue weighted by atomic mass is 9.77. The fourth-order valence-corrected chi connectivity index (χ4v) is 3.67. The van der Waals surface area contributed by atoms with Crippen molar-refractivity contribution in [3.8, 4) is 0 Å². The van der Waals surface area contributed by atoms with Gasteiger partial charge in [0.15, 0.2) is 0 Å². The lowest BCUT2D eigenvalue weighted by molar-refractivity contribution is -0.125. The molecule has 0 aromatic rings. The molecule has 4 heteroatoms. The van der Waals surface area contributed by atoms with Gasteiger partial charge in [-0.15, -0.1) is 0 Å². The van der Waals surface area contributed by atoms with Crippen LogP contribution in [0.15, 0.2) is 0 Å². The van der Waals surface area contributed by atoms with Crippen LogP contribution < -0.4 is 10.6 Å². The Morgan fingerprint density at radius 3 is 2.75 bits per heavy atom. The molecule has 0 spiro atoms. The smallest absolute Gasteiger partial charge is 0.237 e. The standard InChI is InChI=1S/C16H30N2O2/c1-11(2)9-13(19)10-17-16(20)15-8-7-12-5-3-4-6-14(12)18-15/h11-15,18-19H,3-10H2,1-2H3,(H,17,20). The number of amides is 1. The van der Waals surface area contributed by atoms with Gasteiger partial charge in [-0.3, -0.25) is 4.79 Å². The zero-order chi connectivity index (χ0) is 14.5. The van der Waals surface area contributed by atoms with Gasteiger partial charge in [0, 0.05) is 12.6 Å². The Hall–Kier alpha value is -0.610. The van der Waals surface area contributed by atoms with Crippen molar-refractivity contribution in [2.45, 2.75) is 77.0 Å². The van der Waals surface area contributed by atoms with Crippen molar-refractivity contribution in [2.24, 2.45) is 11.8 Å². The van der Waals surface area contributed by atoms with E-state index in [9.17, 15) is 9.90 Å². The SMILES string of the molecule is CC(C)CC(O)CNC(=O)C1CCC2CCCCC2N1. The van der Waals surface area contributed by atoms with Crippen molar-refractivity contribution in [3.05, 3.63) is 0 Å². The predicted octanol–water partition coefficient (Wildman–Crippen LogP) is 1.82. The molecule has 1 aliphatic carbocycles. The Kier molecular flexibility index (Phi) is 5.85. The maximum Gasteiger partial charge on any atom is 0.237 e. The molecule has 116 valence electrons. The molecule has 2 aliphatic rings. The van der Waals surface area contributed by atoms with Crippen molar-refractivity contribution in [1.82, 2.24) is 10.6 Å². The minimum Gasteiger partial charge on any atom is -0.391 e. The summed E-state index contributed by atoms with van der Waals surface area (Å²) in [5.41, 5.74) is 0. The summed E-state index contributed by atoms with van der Waals surface area (Å²) < 4.78 is 0. The quantitative estimate of drug-likeness (QED) is 0.721. The number of fused-ring (bicyclic) bond motifs is 1. The molecule has 0 aromatic carbocycles. The number of carbonyl (C=O) groups is 1. The Labute approximate surface area is 122 Å². The molecule has 0 aromatic heterocycles. The van der Waals surface area contributed by atoms with Gasteiger partial charge in [0.1, 0.15) is 0 Å². The van der Waals surface area contributed by atoms with Crippen LogP contribution in [0.1, 0.15) is 58.8 Å². The minimum atomic E-state index is -0.426. The average Bonchev–Trinajstić information content (AvgIpc) is 2.43. The van der Waals surface area contributed by atoms with E-state index in [2.05, 4.69) is 24.5 Å². The van der Waals surface area contributed by atoms with E-state index in [4.69, 9.17) is 0 Å². The van der Waals surface area contributed by atoms with Crippen LogP contribution in [0, 0.1) is 11.8 Å². The number of carbonyl (C=O) groups excluding carboxylic acids is 1. The van der Waals surface area contributed by atoms with E-state index < -0.39 is 6.10 Å². The third-order valence-corrected chi connectivity index (χ3v) is 4.72. The van der Waals surface area contributed by atoms with Gasteiger partial charge in [-0.1, -0.05) is 26.7 Å². The molecule has 1 saturated heterocycles. The van der Waals surface area contributed by atoms with Crippen LogP contribution in [0.2, 0.25) is 0 Å². The third-order valence-electron chi connectivity index (χ3n) is 4.72. The number of piperidine rings is 1. The van der Waals surface area contributed by atoms with Crippen LogP contribution >= 0.6 is 0 Å². The van der Waals surface area contributed by atoms with Gasteiger partial charge in [-0.2, -0.15) is 0 Å². The Bertz CT molecular complexity index is 320. The molecular formula is C16H30N2O2. The predicted molar refractivity (Wildman–Crippen MR) is 80.4 cm³/mol. The van der Waals surface area contributed by atoms with Crippen molar-refractivity contribution in [1.29, 1.82) is 0 Å². The molecule has 4 nitrogen and oxygen atoms in total. The molecule has 4 unspecified atom stereocenters. The molecule has 0 bridgehead atoms. The zero-order valence-corrected chi connectivity index (χ0v) is 12.9. The first-order chi connectivity index (χ1) is 9.56. The fraction of sp³-hybridized carbons (Fsp3) is 0.938. The van der Waals surface area contributed by atoms with Gasteiger partial charge >= 0.3 is 0 Å². The second-order valence-electron chi connectivity index (χ2n) is 6.98. The van der Waals surface area contributed by atoms with Gasteiger partial charge in [0.25, 0.3) is 0 Å². The van der Waals surface area contributed by atoms with Crippen molar-refractivity contribution < 1.29 is 9.90 Å². The topological polar surface area (TPSA) is 61.4 Å². The number of aliphatic hydroxyl groups is 1. The molecule has 1 amide bonds. The minimum absolute atomic E-state index is 0.0550. The first-order valence-corrected chi connectivity index (χ1v) is 8.28. The van der Waals surface area contributed by atoms with E-state index >= 15 is 0 Å². The first kappa shape index (κ1) is 15.8. The highest BCUT2D eigenvalue weighted by molar-refractivity contribution is 5.81. The number of hydrogen-bond donors (Lipinski definition) is 3. The maximum atomic E-state index is 12.2. The normalized spacial score (nSPS) is 31.7. The van der Waals surface area contributed by atoms with E-state index in [1.165, 1.54) is 32.1 Å². The summed E-state index contributed by atoms with van der Waals surface area (Å²) in [4.78, 5) is 12.2. The molecule has 0 radical (unpaired) electrons. The van der Waals surface area contributed by atoms with E-state index in [-0.39, 0.29) is 11.9 Å². The molecule has 3 N–H and O–H groups in total. The zero-order valence-electron chi connectivity index (χ0n) is 12.9. The molecule has 2 rings (SSSR count). The van der Waals surface area contributed by atoms with Gasteiger partial charge < -0.3 is 15.7 Å². The summed E-state index contributed by atoms with van der Waals surface area (Å²) in [5.74, 6) is 1.30. The highest BCUT2D eigenvalue weighted by atomic mass is 16.3. The Morgan fingerprint density at radius 2 is 2.00 bits per heavy atom. The molecule has 1 aliphatic heterocycles. The average molecular weight is 282 g/mol. The monoisotopic (exact) mass is 282 g/mol. The number of hydrogen-bond acceptors (Lipinski definition) is 3. The molecule has 4 atom stereocenters. The van der Waals surface area contributed by atoms with Crippen LogP contribution in [0.4, 0.5) is 0 Å². The van der Waals surface area contributed by atoms with Crippen LogP contribution in [-0.2, 0) is 4.79 Å². The van der Waals surface area contributed by atoms with Crippen LogP contribution in [0.5, 0.6) is 0 Å². The van der Waals surface area contributed by atoms with E-state index in [1.807, 2.05) is 0 Å². The van der Waals surface area contributed by atoms with Gasteiger partial charge in [0.2, 0.25) is 5.91 Å². The summed E-state index contributed by atoms with van der Waals surface area (Å²) in [6.07, 6.45) is 7.59. The second-order valence-corrected chi connectivity index (χ2v) is 6.98. The second kappa shape index (κ2) is 7.41. The number of aliphatic hydroxyl groups excluding tert-OH is 1. The number of nitrogens with one attached hydrogen (secondary N) is 2. The first-order valence-electron chi connectivity index (χ1n) is 8.28. The highest BCUT2D eigenvalue weighted by Crippen LogP contribution is 2.32. The highest BCUT2D eigenvalue weighted by Gasteiger charge is 2.34. The van der Waals surface area contributed by atoms with Crippen LogP contribution in [-0.4, -0.2) is 35.7 Å². The third kappa shape index (κ3) is 4.45. The van der Waals surface area contributed by atoms with E-state index in [1.54, 1.807) is 0 Å². The summed E-state index contributed by atoms with van der Waals surface area (Å²) >= 11 is 0. The van der Waals surface area contributed by atoms with Crippen LogP contribution in [0.3, 0.4) is 0 Å². The van der Waals surface area contributed by atoms with E-state index in [0.717, 1.165) is 18.8 Å². The molecular weight excluding hydrogens is 252 g/mol. The maximum absolute atomic E-state index is 12.2. The Morgan fingerprint density at radius 1 is 1.25 bits per heavy atom.